The molecule has 0 bridgehead atoms. The molecule has 2 amide bonds. The zero-order chi connectivity index (χ0) is 17.5. The number of anilines is 1. The van der Waals surface area contributed by atoms with Crippen molar-refractivity contribution >= 4 is 41.5 Å². The van der Waals surface area contributed by atoms with Crippen LogP contribution in [0.15, 0.2) is 18.2 Å². The van der Waals surface area contributed by atoms with Gasteiger partial charge in [-0.3, -0.25) is 9.59 Å². The second kappa shape index (κ2) is 10.6. The minimum Gasteiger partial charge on any atom is -0.378 e. The Hall–Kier alpha value is -1.34. The summed E-state index contributed by atoms with van der Waals surface area (Å²) < 4.78 is 5.33. The summed E-state index contributed by atoms with van der Waals surface area (Å²) in [5.41, 5.74) is 1.03. The highest BCUT2D eigenvalue weighted by Crippen LogP contribution is 2.22. The van der Waals surface area contributed by atoms with Gasteiger partial charge in [0.05, 0.1) is 23.8 Å². The molecule has 1 saturated heterocycles. The maximum Gasteiger partial charge on any atom is 0.255 e. The maximum atomic E-state index is 12.4. The number of hydrogen-bond acceptors (Lipinski definition) is 4. The molecule has 1 aliphatic rings. The van der Waals surface area contributed by atoms with Gasteiger partial charge in [0.2, 0.25) is 5.91 Å². The fourth-order valence-corrected chi connectivity index (χ4v) is 2.90. The molecule has 6 nitrogen and oxygen atoms in total. The molecule has 1 aromatic carbocycles. The Labute approximate surface area is 159 Å². The van der Waals surface area contributed by atoms with Crippen LogP contribution in [-0.2, 0) is 9.53 Å². The van der Waals surface area contributed by atoms with Gasteiger partial charge in [-0.05, 0) is 32.0 Å². The number of morpholine rings is 1. The van der Waals surface area contributed by atoms with Crippen molar-refractivity contribution in [2.24, 2.45) is 0 Å². The lowest BCUT2D eigenvalue weighted by molar-refractivity contribution is -0.117. The normalized spacial score (nSPS) is 16.7. The van der Waals surface area contributed by atoms with Crippen LogP contribution in [0.4, 0.5) is 5.69 Å². The van der Waals surface area contributed by atoms with Crippen molar-refractivity contribution in [1.29, 1.82) is 0 Å². The van der Waals surface area contributed by atoms with Gasteiger partial charge in [-0.2, -0.15) is 0 Å². The average Bonchev–Trinajstić information content (AvgIpc) is 2.56. The largest absolute Gasteiger partial charge is 0.378 e. The fraction of sp³-hybridized carbons (Fsp3) is 0.529. The standard InChI is InChI=1S/C17H24ClN3O3.ClH/c1-3-21(4-2)17(23)14-6-5-12(9-15(14)18)20-16(22)10-13-11-24-8-7-19-13;/h5-6,9,13,19H,3-4,7-8,10-11H2,1-2H3,(H,20,22);1H. The van der Waals surface area contributed by atoms with E-state index < -0.39 is 0 Å². The van der Waals surface area contributed by atoms with Crippen molar-refractivity contribution < 1.29 is 14.3 Å². The third kappa shape index (κ3) is 6.15. The molecular weight excluding hydrogens is 365 g/mol. The van der Waals surface area contributed by atoms with Gasteiger partial charge >= 0.3 is 0 Å². The predicted octanol–water partition coefficient (Wildman–Crippen LogP) is 2.56. The number of ether oxygens (including phenoxy) is 1. The van der Waals surface area contributed by atoms with Gasteiger partial charge in [-0.15, -0.1) is 12.4 Å². The summed E-state index contributed by atoms with van der Waals surface area (Å²) >= 11 is 6.23. The van der Waals surface area contributed by atoms with E-state index in [0.717, 1.165) is 6.54 Å². The van der Waals surface area contributed by atoms with Gasteiger partial charge in [-0.25, -0.2) is 0 Å². The van der Waals surface area contributed by atoms with Gasteiger partial charge in [-0.1, -0.05) is 11.6 Å². The molecule has 1 fully saturated rings. The van der Waals surface area contributed by atoms with Gasteiger partial charge in [0.15, 0.2) is 0 Å². The molecule has 8 heteroatoms. The van der Waals surface area contributed by atoms with E-state index in [1.807, 2.05) is 13.8 Å². The molecule has 0 spiro atoms. The predicted molar refractivity (Wildman–Crippen MR) is 102 cm³/mol. The SMILES string of the molecule is CCN(CC)C(=O)c1ccc(NC(=O)CC2COCCN2)cc1Cl.Cl. The Morgan fingerprint density at radius 1 is 1.36 bits per heavy atom. The minimum atomic E-state index is -0.114. The lowest BCUT2D eigenvalue weighted by Gasteiger charge is -2.23. The molecule has 140 valence electrons. The van der Waals surface area contributed by atoms with Crippen LogP contribution >= 0.6 is 24.0 Å². The van der Waals surface area contributed by atoms with Crippen molar-refractivity contribution in [3.8, 4) is 0 Å². The Morgan fingerprint density at radius 2 is 2.08 bits per heavy atom. The number of rotatable bonds is 6. The Kier molecular flexibility index (Phi) is 9.21. The number of carbonyl (C=O) groups is 2. The lowest BCUT2D eigenvalue weighted by Crippen LogP contribution is -2.43. The van der Waals surface area contributed by atoms with E-state index in [0.29, 0.717) is 49.0 Å². The number of nitrogens with zero attached hydrogens (tertiary/aromatic N) is 1. The number of amides is 2. The van der Waals surface area contributed by atoms with Crippen LogP contribution in [0.1, 0.15) is 30.6 Å². The van der Waals surface area contributed by atoms with Crippen molar-refractivity contribution in [2.75, 3.05) is 38.2 Å². The van der Waals surface area contributed by atoms with Gasteiger partial charge in [0, 0.05) is 37.8 Å². The minimum absolute atomic E-state index is 0. The van der Waals surface area contributed by atoms with Crippen LogP contribution in [0.2, 0.25) is 5.02 Å². The molecule has 0 radical (unpaired) electrons. The number of carbonyl (C=O) groups excluding carboxylic acids is 2. The Bertz CT molecular complexity index is 589. The molecule has 1 atom stereocenters. The van der Waals surface area contributed by atoms with Crippen molar-refractivity contribution in [2.45, 2.75) is 26.3 Å². The first kappa shape index (κ1) is 21.7. The van der Waals surface area contributed by atoms with Crippen LogP contribution in [0.25, 0.3) is 0 Å². The lowest BCUT2D eigenvalue weighted by atomic mass is 10.1. The fourth-order valence-electron chi connectivity index (χ4n) is 2.63. The summed E-state index contributed by atoms with van der Waals surface area (Å²) in [6.45, 7) is 7.06. The summed E-state index contributed by atoms with van der Waals surface area (Å²) in [5.74, 6) is -0.219. The maximum absolute atomic E-state index is 12.4. The first-order valence-corrected chi connectivity index (χ1v) is 8.62. The smallest absolute Gasteiger partial charge is 0.255 e. The highest BCUT2D eigenvalue weighted by atomic mass is 35.5. The van der Waals surface area contributed by atoms with E-state index in [1.54, 1.807) is 23.1 Å². The van der Waals surface area contributed by atoms with Crippen LogP contribution in [-0.4, -0.2) is 55.6 Å². The second-order valence-electron chi connectivity index (χ2n) is 5.65. The molecule has 1 aromatic rings. The molecular formula is C17H25Cl2N3O3. The molecule has 1 aliphatic heterocycles. The van der Waals surface area contributed by atoms with E-state index in [4.69, 9.17) is 16.3 Å². The first-order chi connectivity index (χ1) is 11.5. The number of halogens is 2. The second-order valence-corrected chi connectivity index (χ2v) is 6.06. The Morgan fingerprint density at radius 3 is 2.64 bits per heavy atom. The zero-order valence-electron chi connectivity index (χ0n) is 14.5. The van der Waals surface area contributed by atoms with Gasteiger partial charge in [0.25, 0.3) is 5.91 Å². The summed E-state index contributed by atoms with van der Waals surface area (Å²) in [7, 11) is 0. The van der Waals surface area contributed by atoms with Crippen molar-refractivity contribution in [1.82, 2.24) is 10.2 Å². The summed E-state index contributed by atoms with van der Waals surface area (Å²) in [4.78, 5) is 26.1. The van der Waals surface area contributed by atoms with Crippen LogP contribution in [0.3, 0.4) is 0 Å². The summed E-state index contributed by atoms with van der Waals surface area (Å²) in [6, 6.07) is 4.99. The molecule has 2 rings (SSSR count). The third-order valence-electron chi connectivity index (χ3n) is 3.96. The van der Waals surface area contributed by atoms with Crippen molar-refractivity contribution in [3.05, 3.63) is 28.8 Å². The molecule has 0 aromatic heterocycles. The van der Waals surface area contributed by atoms with E-state index in [9.17, 15) is 9.59 Å². The van der Waals surface area contributed by atoms with Gasteiger partial charge < -0.3 is 20.3 Å². The van der Waals surface area contributed by atoms with E-state index in [1.165, 1.54) is 0 Å². The molecule has 25 heavy (non-hydrogen) atoms. The van der Waals surface area contributed by atoms with E-state index in [-0.39, 0.29) is 30.3 Å². The van der Waals surface area contributed by atoms with E-state index >= 15 is 0 Å². The molecule has 1 heterocycles. The topological polar surface area (TPSA) is 70.7 Å². The third-order valence-corrected chi connectivity index (χ3v) is 4.28. The zero-order valence-corrected chi connectivity index (χ0v) is 16.1. The quantitative estimate of drug-likeness (QED) is 0.783. The van der Waals surface area contributed by atoms with Crippen LogP contribution in [0, 0.1) is 0 Å². The van der Waals surface area contributed by atoms with Crippen LogP contribution < -0.4 is 10.6 Å². The average molecular weight is 390 g/mol. The number of benzene rings is 1. The molecule has 0 saturated carbocycles. The van der Waals surface area contributed by atoms with E-state index in [2.05, 4.69) is 10.6 Å². The molecule has 1 unspecified atom stereocenters. The summed E-state index contributed by atoms with van der Waals surface area (Å²) in [6.07, 6.45) is 0.331. The van der Waals surface area contributed by atoms with Crippen LogP contribution in [0.5, 0.6) is 0 Å². The summed E-state index contributed by atoms with van der Waals surface area (Å²) in [5, 5.41) is 6.38. The molecule has 2 N–H and O–H groups in total. The highest BCUT2D eigenvalue weighted by molar-refractivity contribution is 6.34. The van der Waals surface area contributed by atoms with Gasteiger partial charge in [0.1, 0.15) is 0 Å². The van der Waals surface area contributed by atoms with Crippen molar-refractivity contribution in [3.63, 3.8) is 0 Å². The monoisotopic (exact) mass is 389 g/mol. The molecule has 0 aliphatic carbocycles. The Balaban J connectivity index is 0.00000312. The highest BCUT2D eigenvalue weighted by Gasteiger charge is 2.19. The number of hydrogen-bond donors (Lipinski definition) is 2. The number of nitrogens with one attached hydrogen (secondary N) is 2. The first-order valence-electron chi connectivity index (χ1n) is 8.25.